The molecule has 2 rings (SSSR count). The number of benzene rings is 2. The maximum Gasteiger partial charge on any atom is 0.471 e. The first-order chi connectivity index (χ1) is 11.3. The van der Waals surface area contributed by atoms with Gasteiger partial charge in [-0.1, -0.05) is 12.1 Å². The van der Waals surface area contributed by atoms with E-state index in [0.717, 1.165) is 0 Å². The molecule has 0 saturated heterocycles. The lowest BCUT2D eigenvalue weighted by molar-refractivity contribution is -0.167. The number of carbonyl (C=O) groups is 1. The number of nitrogens with one attached hydrogen (secondary N) is 2. The molecule has 0 aromatic heterocycles. The number of halogens is 4. The molecule has 0 heterocycles. The fourth-order valence-electron chi connectivity index (χ4n) is 1.95. The number of hydrogen-bond donors (Lipinski definition) is 2. The lowest BCUT2D eigenvalue weighted by Gasteiger charge is -2.11. The first kappa shape index (κ1) is 17.6. The van der Waals surface area contributed by atoms with Gasteiger partial charge in [0.2, 0.25) is 0 Å². The molecular formula is C16H14F4N2O2. The first-order valence-electron chi connectivity index (χ1n) is 6.83. The van der Waals surface area contributed by atoms with E-state index in [9.17, 15) is 22.4 Å². The molecule has 0 bridgehead atoms. The molecule has 0 aliphatic carbocycles. The van der Waals surface area contributed by atoms with Crippen molar-refractivity contribution in [2.45, 2.75) is 12.7 Å². The molecule has 128 valence electrons. The van der Waals surface area contributed by atoms with E-state index in [2.05, 4.69) is 5.32 Å². The Hall–Kier alpha value is -2.77. The molecule has 2 aromatic carbocycles. The fourth-order valence-corrected chi connectivity index (χ4v) is 1.95. The standard InChI is InChI=1S/C16H14F4N2O2/c1-24-14-7-11(17)6-13(8-14)21-9-10-3-2-4-12(5-10)22-15(23)16(18,19)20/h2-8,21H,9H2,1H3,(H,22,23). The smallest absolute Gasteiger partial charge is 0.471 e. The van der Waals surface area contributed by atoms with Crippen molar-refractivity contribution in [1.29, 1.82) is 0 Å². The third kappa shape index (κ3) is 4.87. The van der Waals surface area contributed by atoms with Crippen LogP contribution in [0.15, 0.2) is 42.5 Å². The molecule has 24 heavy (non-hydrogen) atoms. The molecule has 4 nitrogen and oxygen atoms in total. The van der Waals surface area contributed by atoms with E-state index in [1.54, 1.807) is 17.4 Å². The van der Waals surface area contributed by atoms with Crippen LogP contribution in [0.3, 0.4) is 0 Å². The molecule has 0 saturated carbocycles. The topological polar surface area (TPSA) is 50.4 Å². The first-order valence-corrected chi connectivity index (χ1v) is 6.83. The third-order valence-electron chi connectivity index (χ3n) is 3.05. The van der Waals surface area contributed by atoms with Crippen molar-refractivity contribution in [3.63, 3.8) is 0 Å². The van der Waals surface area contributed by atoms with Gasteiger partial charge in [0.1, 0.15) is 11.6 Å². The molecule has 0 unspecified atom stereocenters. The number of rotatable bonds is 5. The van der Waals surface area contributed by atoms with E-state index in [4.69, 9.17) is 4.74 Å². The van der Waals surface area contributed by atoms with Gasteiger partial charge in [-0.3, -0.25) is 4.79 Å². The van der Waals surface area contributed by atoms with Crippen molar-refractivity contribution >= 4 is 17.3 Å². The van der Waals surface area contributed by atoms with Crippen LogP contribution in [0, 0.1) is 5.82 Å². The predicted octanol–water partition coefficient (Wildman–Crippen LogP) is 3.95. The molecule has 8 heteroatoms. The SMILES string of the molecule is COc1cc(F)cc(NCc2cccc(NC(=O)C(F)(F)F)c2)c1. The maximum absolute atomic E-state index is 13.4. The minimum absolute atomic E-state index is 0.0217. The Morgan fingerprint density at radius 1 is 1.12 bits per heavy atom. The summed E-state index contributed by atoms with van der Waals surface area (Å²) in [7, 11) is 1.41. The van der Waals surface area contributed by atoms with Crippen LogP contribution in [0.4, 0.5) is 28.9 Å². The molecule has 1 amide bonds. The van der Waals surface area contributed by atoms with Gasteiger partial charge in [-0.2, -0.15) is 13.2 Å². The summed E-state index contributed by atoms with van der Waals surface area (Å²) in [6, 6.07) is 9.97. The zero-order valence-electron chi connectivity index (χ0n) is 12.6. The minimum Gasteiger partial charge on any atom is -0.497 e. The molecule has 0 radical (unpaired) electrons. The Bertz CT molecular complexity index is 732. The highest BCUT2D eigenvalue weighted by atomic mass is 19.4. The van der Waals surface area contributed by atoms with Crippen LogP contribution in [0.2, 0.25) is 0 Å². The molecule has 0 aliphatic rings. The summed E-state index contributed by atoms with van der Waals surface area (Å²) in [4.78, 5) is 10.9. The van der Waals surface area contributed by atoms with E-state index in [0.29, 0.717) is 17.0 Å². The van der Waals surface area contributed by atoms with E-state index in [-0.39, 0.29) is 12.2 Å². The summed E-state index contributed by atoms with van der Waals surface area (Å²) in [5, 5.41) is 4.71. The van der Waals surface area contributed by atoms with E-state index in [1.807, 2.05) is 0 Å². The maximum atomic E-state index is 13.4. The number of carbonyl (C=O) groups excluding carboxylic acids is 1. The normalized spacial score (nSPS) is 11.0. The summed E-state index contributed by atoms with van der Waals surface area (Å²) in [5.41, 5.74) is 1.09. The number of anilines is 2. The quantitative estimate of drug-likeness (QED) is 0.809. The van der Waals surface area contributed by atoms with Crippen LogP contribution in [-0.2, 0) is 11.3 Å². The predicted molar refractivity (Wildman–Crippen MR) is 81.4 cm³/mol. The van der Waals surface area contributed by atoms with Crippen molar-refractivity contribution in [3.05, 3.63) is 53.8 Å². The largest absolute Gasteiger partial charge is 0.497 e. The second-order valence-corrected chi connectivity index (χ2v) is 4.89. The van der Waals surface area contributed by atoms with Gasteiger partial charge in [-0.15, -0.1) is 0 Å². The Balaban J connectivity index is 2.05. The van der Waals surface area contributed by atoms with Gasteiger partial charge in [0.05, 0.1) is 7.11 Å². The summed E-state index contributed by atoms with van der Waals surface area (Å²) in [5.74, 6) is -2.19. The molecule has 0 fully saturated rings. The Morgan fingerprint density at radius 3 is 2.54 bits per heavy atom. The summed E-state index contributed by atoms with van der Waals surface area (Å²) in [6.07, 6.45) is -4.95. The average Bonchev–Trinajstić information content (AvgIpc) is 2.52. The van der Waals surface area contributed by atoms with Crippen molar-refractivity contribution < 1.29 is 27.1 Å². The number of alkyl halides is 3. The summed E-state index contributed by atoms with van der Waals surface area (Å²) in [6.45, 7) is 0.225. The lowest BCUT2D eigenvalue weighted by Crippen LogP contribution is -2.29. The van der Waals surface area contributed by atoms with Crippen LogP contribution >= 0.6 is 0 Å². The highest BCUT2D eigenvalue weighted by Gasteiger charge is 2.38. The number of hydrogen-bond acceptors (Lipinski definition) is 3. The number of methoxy groups -OCH3 is 1. The van der Waals surface area contributed by atoms with Gasteiger partial charge in [0.15, 0.2) is 0 Å². The van der Waals surface area contributed by atoms with Crippen LogP contribution in [0.5, 0.6) is 5.75 Å². The summed E-state index contributed by atoms with van der Waals surface area (Å²) >= 11 is 0. The Labute approximate surface area is 135 Å². The van der Waals surface area contributed by atoms with Gasteiger partial charge in [0, 0.05) is 30.1 Å². The molecule has 0 atom stereocenters. The summed E-state index contributed by atoms with van der Waals surface area (Å²) < 4.78 is 55.1. The van der Waals surface area contributed by atoms with Crippen molar-refractivity contribution in [2.75, 3.05) is 17.7 Å². The zero-order chi connectivity index (χ0) is 17.7. The lowest BCUT2D eigenvalue weighted by atomic mass is 10.2. The molecular weight excluding hydrogens is 328 g/mol. The number of amides is 1. The monoisotopic (exact) mass is 342 g/mol. The molecule has 0 spiro atoms. The van der Waals surface area contributed by atoms with Gasteiger partial charge < -0.3 is 15.4 Å². The third-order valence-corrected chi connectivity index (χ3v) is 3.05. The Morgan fingerprint density at radius 2 is 1.88 bits per heavy atom. The number of ether oxygens (including phenoxy) is 1. The van der Waals surface area contributed by atoms with Crippen LogP contribution in [0.25, 0.3) is 0 Å². The van der Waals surface area contributed by atoms with E-state index >= 15 is 0 Å². The molecule has 0 aliphatic heterocycles. The average molecular weight is 342 g/mol. The second kappa shape index (κ2) is 7.20. The van der Waals surface area contributed by atoms with E-state index in [1.165, 1.54) is 37.4 Å². The fraction of sp³-hybridized carbons (Fsp3) is 0.188. The van der Waals surface area contributed by atoms with Gasteiger partial charge >= 0.3 is 12.1 Å². The van der Waals surface area contributed by atoms with Crippen molar-refractivity contribution in [3.8, 4) is 5.75 Å². The molecule has 2 aromatic rings. The Kier molecular flexibility index (Phi) is 5.28. The van der Waals surface area contributed by atoms with Crippen LogP contribution in [-0.4, -0.2) is 19.2 Å². The zero-order valence-corrected chi connectivity index (χ0v) is 12.6. The highest BCUT2D eigenvalue weighted by Crippen LogP contribution is 2.22. The van der Waals surface area contributed by atoms with Gasteiger partial charge in [-0.05, 0) is 23.8 Å². The minimum atomic E-state index is -4.95. The van der Waals surface area contributed by atoms with Gasteiger partial charge in [0.25, 0.3) is 0 Å². The van der Waals surface area contributed by atoms with Gasteiger partial charge in [-0.25, -0.2) is 4.39 Å². The van der Waals surface area contributed by atoms with Crippen molar-refractivity contribution in [2.24, 2.45) is 0 Å². The van der Waals surface area contributed by atoms with Crippen molar-refractivity contribution in [1.82, 2.24) is 0 Å². The van der Waals surface area contributed by atoms with Crippen LogP contribution in [0.1, 0.15) is 5.56 Å². The highest BCUT2D eigenvalue weighted by molar-refractivity contribution is 5.94. The second-order valence-electron chi connectivity index (χ2n) is 4.89. The van der Waals surface area contributed by atoms with Crippen LogP contribution < -0.4 is 15.4 Å². The van der Waals surface area contributed by atoms with E-state index < -0.39 is 17.9 Å². The molecule has 2 N–H and O–H groups in total.